The van der Waals surface area contributed by atoms with E-state index in [2.05, 4.69) is 15.0 Å². The number of pyridine rings is 1. The molecule has 100 valence electrons. The molecule has 0 unspecified atom stereocenters. The van der Waals surface area contributed by atoms with Gasteiger partial charge in [-0.25, -0.2) is 9.97 Å². The van der Waals surface area contributed by atoms with Crippen molar-refractivity contribution >= 4 is 10.9 Å². The Labute approximate surface area is 115 Å². The Balaban J connectivity index is 2.25. The molecule has 0 radical (unpaired) electrons. The Morgan fingerprint density at radius 3 is 2.80 bits per heavy atom. The first kappa shape index (κ1) is 12.3. The molecule has 0 spiro atoms. The van der Waals surface area contributed by atoms with E-state index < -0.39 is 0 Å². The monoisotopic (exact) mass is 267 g/mol. The van der Waals surface area contributed by atoms with Crippen LogP contribution in [0.3, 0.4) is 0 Å². The van der Waals surface area contributed by atoms with Gasteiger partial charge < -0.3 is 9.72 Å². The normalized spacial score (nSPS) is 10.7. The van der Waals surface area contributed by atoms with Crippen LogP contribution in [0.1, 0.15) is 5.69 Å². The molecule has 0 aliphatic heterocycles. The number of hydrogen-bond donors (Lipinski definition) is 1. The smallest absolute Gasteiger partial charge is 0.190 e. The molecular weight excluding hydrogens is 254 g/mol. The number of aryl methyl sites for hydroxylation is 1. The van der Waals surface area contributed by atoms with E-state index in [4.69, 9.17) is 4.74 Å². The first-order valence-corrected chi connectivity index (χ1v) is 6.18. The molecule has 0 atom stereocenters. The lowest BCUT2D eigenvalue weighted by Crippen LogP contribution is -2.04. The predicted octanol–water partition coefficient (Wildman–Crippen LogP) is 2.30. The summed E-state index contributed by atoms with van der Waals surface area (Å²) in [7, 11) is 1.59. The molecule has 0 saturated carbocycles. The molecule has 0 aliphatic carbocycles. The summed E-state index contributed by atoms with van der Waals surface area (Å²) >= 11 is 0. The van der Waals surface area contributed by atoms with Gasteiger partial charge in [0.15, 0.2) is 11.3 Å². The number of nitrogens with one attached hydrogen (secondary N) is 1. The molecule has 1 aromatic carbocycles. The third kappa shape index (κ3) is 2.14. The highest BCUT2D eigenvalue weighted by molar-refractivity contribution is 5.82. The van der Waals surface area contributed by atoms with E-state index in [-0.39, 0.29) is 5.43 Å². The van der Waals surface area contributed by atoms with Crippen LogP contribution in [-0.4, -0.2) is 22.1 Å². The van der Waals surface area contributed by atoms with E-state index >= 15 is 0 Å². The topological polar surface area (TPSA) is 67.9 Å². The van der Waals surface area contributed by atoms with Crippen LogP contribution in [0.5, 0.6) is 5.75 Å². The number of H-pyrrole nitrogens is 1. The van der Waals surface area contributed by atoms with E-state index in [0.717, 1.165) is 5.69 Å². The number of nitrogens with zero attached hydrogens (tertiary/aromatic N) is 2. The molecule has 1 N–H and O–H groups in total. The molecule has 5 nitrogen and oxygen atoms in total. The largest absolute Gasteiger partial charge is 0.497 e. The van der Waals surface area contributed by atoms with Crippen molar-refractivity contribution in [3.63, 3.8) is 0 Å². The van der Waals surface area contributed by atoms with Gasteiger partial charge >= 0.3 is 0 Å². The van der Waals surface area contributed by atoms with Crippen molar-refractivity contribution in [2.45, 2.75) is 6.92 Å². The number of methoxy groups -OCH3 is 1. The molecule has 2 aromatic heterocycles. The maximum Gasteiger partial charge on any atom is 0.190 e. The maximum atomic E-state index is 12.1. The third-order valence-corrected chi connectivity index (χ3v) is 3.07. The van der Waals surface area contributed by atoms with E-state index in [1.54, 1.807) is 31.5 Å². The Kier molecular flexibility index (Phi) is 2.95. The quantitative estimate of drug-likeness (QED) is 0.773. The minimum atomic E-state index is -0.0680. The van der Waals surface area contributed by atoms with Crippen LogP contribution in [0.4, 0.5) is 0 Å². The zero-order valence-corrected chi connectivity index (χ0v) is 11.2. The van der Waals surface area contributed by atoms with Crippen molar-refractivity contribution in [1.82, 2.24) is 15.0 Å². The van der Waals surface area contributed by atoms with Gasteiger partial charge in [-0.15, -0.1) is 0 Å². The summed E-state index contributed by atoms with van der Waals surface area (Å²) in [5.41, 5.74) is 2.08. The molecule has 0 amide bonds. The maximum absolute atomic E-state index is 12.1. The highest BCUT2D eigenvalue weighted by atomic mass is 16.5. The second kappa shape index (κ2) is 4.77. The van der Waals surface area contributed by atoms with Crippen LogP contribution < -0.4 is 10.2 Å². The van der Waals surface area contributed by atoms with Crippen molar-refractivity contribution in [2.24, 2.45) is 0 Å². The molecule has 3 aromatic rings. The number of aromatic amines is 1. The first-order chi connectivity index (χ1) is 9.67. The fourth-order valence-electron chi connectivity index (χ4n) is 2.06. The summed E-state index contributed by atoms with van der Waals surface area (Å²) in [5.74, 6) is 1.20. The van der Waals surface area contributed by atoms with Crippen molar-refractivity contribution < 1.29 is 4.74 Å². The van der Waals surface area contributed by atoms with Crippen LogP contribution in [-0.2, 0) is 0 Å². The Bertz CT molecular complexity index is 840. The number of hydrogen-bond acceptors (Lipinski definition) is 4. The molecule has 20 heavy (non-hydrogen) atoms. The summed E-state index contributed by atoms with van der Waals surface area (Å²) in [6.07, 6.45) is 1.67. The Morgan fingerprint density at radius 2 is 2.05 bits per heavy atom. The summed E-state index contributed by atoms with van der Waals surface area (Å²) in [5, 5.41) is 0.613. The van der Waals surface area contributed by atoms with Crippen molar-refractivity contribution in [2.75, 3.05) is 7.11 Å². The summed E-state index contributed by atoms with van der Waals surface area (Å²) in [6, 6.07) is 8.62. The van der Waals surface area contributed by atoms with Crippen molar-refractivity contribution in [1.29, 1.82) is 0 Å². The Morgan fingerprint density at radius 1 is 1.20 bits per heavy atom. The molecular formula is C15H13N3O2. The number of ether oxygens (including phenoxy) is 1. The van der Waals surface area contributed by atoms with Crippen molar-refractivity contribution in [3.05, 3.63) is 52.4 Å². The molecule has 3 rings (SSSR count). The molecule has 0 fully saturated rings. The minimum Gasteiger partial charge on any atom is -0.497 e. The average molecular weight is 267 g/mol. The van der Waals surface area contributed by atoms with Gasteiger partial charge in [0.1, 0.15) is 5.75 Å². The van der Waals surface area contributed by atoms with Gasteiger partial charge in [-0.05, 0) is 25.1 Å². The third-order valence-electron chi connectivity index (χ3n) is 3.07. The van der Waals surface area contributed by atoms with E-state index in [1.807, 2.05) is 13.0 Å². The second-order valence-electron chi connectivity index (χ2n) is 4.48. The second-order valence-corrected chi connectivity index (χ2v) is 4.48. The van der Waals surface area contributed by atoms with Gasteiger partial charge in [-0.3, -0.25) is 4.79 Å². The predicted molar refractivity (Wildman–Crippen MR) is 76.9 cm³/mol. The van der Waals surface area contributed by atoms with Crippen LogP contribution >= 0.6 is 0 Å². The van der Waals surface area contributed by atoms with Crippen molar-refractivity contribution in [3.8, 4) is 17.3 Å². The van der Waals surface area contributed by atoms with Gasteiger partial charge in [0.25, 0.3) is 0 Å². The molecule has 2 heterocycles. The van der Waals surface area contributed by atoms with Gasteiger partial charge in [-0.1, -0.05) is 0 Å². The Hall–Kier alpha value is -2.69. The molecule has 5 heteroatoms. The van der Waals surface area contributed by atoms with Crippen LogP contribution in [0.15, 0.2) is 41.3 Å². The van der Waals surface area contributed by atoms with E-state index in [1.165, 1.54) is 6.07 Å². The van der Waals surface area contributed by atoms with Crippen LogP contribution in [0, 0.1) is 6.92 Å². The standard InChI is InChI=1S/C15H13N3O2/c1-9-5-6-16-15(17-9)13-8-14(19)11-4-3-10(20-2)7-12(11)18-13/h3-8H,1-2H3,(H,18,19). The lowest BCUT2D eigenvalue weighted by molar-refractivity contribution is 0.415. The zero-order chi connectivity index (χ0) is 14.1. The molecule has 0 aliphatic rings. The van der Waals surface area contributed by atoms with Gasteiger partial charge in [0.2, 0.25) is 0 Å². The molecule has 0 bridgehead atoms. The summed E-state index contributed by atoms with van der Waals surface area (Å²) < 4.78 is 5.17. The first-order valence-electron chi connectivity index (χ1n) is 6.18. The SMILES string of the molecule is COc1ccc2c(=O)cc(-c3nccc(C)n3)[nH]c2c1. The highest BCUT2D eigenvalue weighted by Gasteiger charge is 2.07. The lowest BCUT2D eigenvalue weighted by Gasteiger charge is -2.05. The summed E-state index contributed by atoms with van der Waals surface area (Å²) in [4.78, 5) is 23.8. The number of benzene rings is 1. The lowest BCUT2D eigenvalue weighted by atomic mass is 10.2. The molecule has 0 saturated heterocycles. The average Bonchev–Trinajstić information content (AvgIpc) is 2.46. The van der Waals surface area contributed by atoms with Gasteiger partial charge in [0.05, 0.1) is 18.3 Å². The number of fused-ring (bicyclic) bond motifs is 1. The number of aromatic nitrogens is 3. The van der Waals surface area contributed by atoms with E-state index in [0.29, 0.717) is 28.2 Å². The summed E-state index contributed by atoms with van der Waals surface area (Å²) in [6.45, 7) is 1.88. The highest BCUT2D eigenvalue weighted by Crippen LogP contribution is 2.19. The number of rotatable bonds is 2. The van der Waals surface area contributed by atoms with Gasteiger partial charge in [0, 0.05) is 29.4 Å². The zero-order valence-electron chi connectivity index (χ0n) is 11.2. The van der Waals surface area contributed by atoms with E-state index in [9.17, 15) is 4.79 Å². The van der Waals surface area contributed by atoms with Crippen LogP contribution in [0.2, 0.25) is 0 Å². The van der Waals surface area contributed by atoms with Crippen LogP contribution in [0.25, 0.3) is 22.4 Å². The van der Waals surface area contributed by atoms with Gasteiger partial charge in [-0.2, -0.15) is 0 Å². The fourth-order valence-corrected chi connectivity index (χ4v) is 2.06. The minimum absolute atomic E-state index is 0.0680. The fraction of sp³-hybridized carbons (Fsp3) is 0.133.